The standard InChI is InChI=1S/C16H21N3O2/c1-19(11-13-8-15(20)9-13)6-5-16(21)18-14-4-2-3-12(7-14)10-17/h2-4,7,13,15,20H,5-6,8-9,11H2,1H3,(H,18,21). The van der Waals surface area contributed by atoms with Crippen LogP contribution in [0.2, 0.25) is 0 Å². The number of benzene rings is 1. The maximum atomic E-state index is 11.9. The number of rotatable bonds is 6. The molecule has 0 heterocycles. The molecule has 0 spiro atoms. The van der Waals surface area contributed by atoms with Crippen LogP contribution in [0.4, 0.5) is 5.69 Å². The quantitative estimate of drug-likeness (QED) is 0.833. The van der Waals surface area contributed by atoms with Crippen LogP contribution in [0.15, 0.2) is 24.3 Å². The SMILES string of the molecule is CN(CCC(=O)Nc1cccc(C#N)c1)CC1CC(O)C1. The molecule has 1 fully saturated rings. The fraction of sp³-hybridized carbons (Fsp3) is 0.500. The minimum atomic E-state index is -0.126. The van der Waals surface area contributed by atoms with Gasteiger partial charge in [-0.25, -0.2) is 0 Å². The largest absolute Gasteiger partial charge is 0.393 e. The molecule has 1 aliphatic rings. The van der Waals surface area contributed by atoms with E-state index in [0.29, 0.717) is 30.1 Å². The molecule has 0 unspecified atom stereocenters. The van der Waals surface area contributed by atoms with Crippen LogP contribution >= 0.6 is 0 Å². The van der Waals surface area contributed by atoms with Crippen LogP contribution in [0.25, 0.3) is 0 Å². The molecule has 1 saturated carbocycles. The van der Waals surface area contributed by atoms with Gasteiger partial charge in [0.25, 0.3) is 0 Å². The Labute approximate surface area is 125 Å². The number of amides is 1. The van der Waals surface area contributed by atoms with E-state index in [1.807, 2.05) is 13.1 Å². The van der Waals surface area contributed by atoms with Crippen molar-refractivity contribution in [3.8, 4) is 6.07 Å². The van der Waals surface area contributed by atoms with E-state index in [-0.39, 0.29) is 12.0 Å². The van der Waals surface area contributed by atoms with Gasteiger partial charge in [0.2, 0.25) is 5.91 Å². The Morgan fingerprint density at radius 2 is 2.29 bits per heavy atom. The normalized spacial score (nSPS) is 20.7. The Hall–Kier alpha value is -1.90. The summed E-state index contributed by atoms with van der Waals surface area (Å²) in [7, 11) is 1.99. The van der Waals surface area contributed by atoms with Gasteiger partial charge in [-0.05, 0) is 44.0 Å². The second-order valence-electron chi connectivity index (χ2n) is 5.74. The molecule has 0 saturated heterocycles. The zero-order valence-electron chi connectivity index (χ0n) is 12.2. The number of anilines is 1. The van der Waals surface area contributed by atoms with Crippen molar-refractivity contribution in [1.82, 2.24) is 4.90 Å². The maximum absolute atomic E-state index is 11.9. The van der Waals surface area contributed by atoms with E-state index >= 15 is 0 Å². The summed E-state index contributed by atoms with van der Waals surface area (Å²) in [6.07, 6.45) is 2.04. The maximum Gasteiger partial charge on any atom is 0.225 e. The average Bonchev–Trinajstić information content (AvgIpc) is 2.44. The van der Waals surface area contributed by atoms with Gasteiger partial charge in [0.05, 0.1) is 17.7 Å². The molecule has 0 atom stereocenters. The van der Waals surface area contributed by atoms with Gasteiger partial charge in [-0.1, -0.05) is 6.07 Å². The van der Waals surface area contributed by atoms with Gasteiger partial charge in [0.15, 0.2) is 0 Å². The lowest BCUT2D eigenvalue weighted by Gasteiger charge is -2.34. The lowest BCUT2D eigenvalue weighted by molar-refractivity contribution is -0.116. The second kappa shape index (κ2) is 7.21. The highest BCUT2D eigenvalue weighted by Crippen LogP contribution is 2.27. The van der Waals surface area contributed by atoms with E-state index in [0.717, 1.165) is 19.4 Å². The zero-order chi connectivity index (χ0) is 15.2. The van der Waals surface area contributed by atoms with E-state index in [1.54, 1.807) is 24.3 Å². The third-order valence-corrected chi connectivity index (χ3v) is 3.78. The van der Waals surface area contributed by atoms with Crippen LogP contribution in [0.5, 0.6) is 0 Å². The van der Waals surface area contributed by atoms with Crippen LogP contribution in [-0.4, -0.2) is 42.2 Å². The summed E-state index contributed by atoms with van der Waals surface area (Å²) in [5.74, 6) is 0.506. The molecule has 1 aliphatic carbocycles. The summed E-state index contributed by atoms with van der Waals surface area (Å²) in [6, 6.07) is 8.95. The van der Waals surface area contributed by atoms with Gasteiger partial charge in [-0.2, -0.15) is 5.26 Å². The van der Waals surface area contributed by atoms with Crippen molar-refractivity contribution in [2.45, 2.75) is 25.4 Å². The first kappa shape index (κ1) is 15.5. The number of aliphatic hydroxyl groups is 1. The predicted molar refractivity (Wildman–Crippen MR) is 80.6 cm³/mol. The summed E-state index contributed by atoms with van der Waals surface area (Å²) < 4.78 is 0. The predicted octanol–water partition coefficient (Wildman–Crippen LogP) is 1.59. The molecule has 0 radical (unpaired) electrons. The number of carbonyl (C=O) groups is 1. The van der Waals surface area contributed by atoms with E-state index in [2.05, 4.69) is 10.2 Å². The molecule has 0 aromatic heterocycles. The van der Waals surface area contributed by atoms with Gasteiger partial charge in [-0.3, -0.25) is 4.79 Å². The second-order valence-corrected chi connectivity index (χ2v) is 5.74. The van der Waals surface area contributed by atoms with Gasteiger partial charge < -0.3 is 15.3 Å². The number of hydrogen-bond acceptors (Lipinski definition) is 4. The zero-order valence-corrected chi connectivity index (χ0v) is 12.2. The molecule has 5 nitrogen and oxygen atoms in total. The Kier molecular flexibility index (Phi) is 5.32. The van der Waals surface area contributed by atoms with Crippen LogP contribution in [-0.2, 0) is 4.79 Å². The summed E-state index contributed by atoms with van der Waals surface area (Å²) in [5.41, 5.74) is 1.19. The highest BCUT2D eigenvalue weighted by molar-refractivity contribution is 5.90. The van der Waals surface area contributed by atoms with Gasteiger partial charge in [-0.15, -0.1) is 0 Å². The lowest BCUT2D eigenvalue weighted by atomic mass is 9.82. The highest BCUT2D eigenvalue weighted by atomic mass is 16.3. The number of nitrogens with zero attached hydrogens (tertiary/aromatic N) is 2. The molecule has 1 aromatic carbocycles. The van der Waals surface area contributed by atoms with Crippen LogP contribution in [0.3, 0.4) is 0 Å². The molecule has 112 valence electrons. The lowest BCUT2D eigenvalue weighted by Crippen LogP contribution is -2.38. The van der Waals surface area contributed by atoms with Crippen molar-refractivity contribution >= 4 is 11.6 Å². The minimum absolute atomic E-state index is 0.0504. The van der Waals surface area contributed by atoms with Crippen molar-refractivity contribution in [1.29, 1.82) is 5.26 Å². The molecule has 1 amide bonds. The number of aliphatic hydroxyl groups excluding tert-OH is 1. The fourth-order valence-electron chi connectivity index (χ4n) is 2.56. The van der Waals surface area contributed by atoms with Gasteiger partial charge >= 0.3 is 0 Å². The van der Waals surface area contributed by atoms with Crippen molar-refractivity contribution < 1.29 is 9.90 Å². The third-order valence-electron chi connectivity index (χ3n) is 3.78. The highest BCUT2D eigenvalue weighted by Gasteiger charge is 2.27. The Morgan fingerprint density at radius 3 is 2.95 bits per heavy atom. The van der Waals surface area contributed by atoms with Crippen LogP contribution in [0, 0.1) is 17.2 Å². The third kappa shape index (κ3) is 4.85. The molecular weight excluding hydrogens is 266 g/mol. The van der Waals surface area contributed by atoms with E-state index in [9.17, 15) is 9.90 Å². The first-order valence-electron chi connectivity index (χ1n) is 7.23. The molecule has 21 heavy (non-hydrogen) atoms. The number of carbonyl (C=O) groups excluding carboxylic acids is 1. The Bertz CT molecular complexity index is 533. The van der Waals surface area contributed by atoms with Crippen molar-refractivity contribution in [2.75, 3.05) is 25.5 Å². The summed E-state index contributed by atoms with van der Waals surface area (Å²) in [6.45, 7) is 1.62. The Balaban J connectivity index is 1.70. The smallest absolute Gasteiger partial charge is 0.225 e. The number of nitriles is 1. The molecule has 5 heteroatoms. The van der Waals surface area contributed by atoms with E-state index in [4.69, 9.17) is 5.26 Å². The van der Waals surface area contributed by atoms with Gasteiger partial charge in [0, 0.05) is 25.2 Å². The minimum Gasteiger partial charge on any atom is -0.393 e. The monoisotopic (exact) mass is 287 g/mol. The first-order chi connectivity index (χ1) is 10.1. The molecule has 1 aromatic rings. The van der Waals surface area contributed by atoms with Crippen LogP contribution < -0.4 is 5.32 Å². The van der Waals surface area contributed by atoms with Crippen molar-refractivity contribution in [3.63, 3.8) is 0 Å². The summed E-state index contributed by atoms with van der Waals surface area (Å²) >= 11 is 0. The fourth-order valence-corrected chi connectivity index (χ4v) is 2.56. The first-order valence-corrected chi connectivity index (χ1v) is 7.23. The summed E-state index contributed by atoms with van der Waals surface area (Å²) in [4.78, 5) is 14.0. The van der Waals surface area contributed by atoms with Crippen molar-refractivity contribution in [2.24, 2.45) is 5.92 Å². The Morgan fingerprint density at radius 1 is 1.52 bits per heavy atom. The number of nitrogens with one attached hydrogen (secondary N) is 1. The summed E-state index contributed by atoms with van der Waals surface area (Å²) in [5, 5.41) is 20.9. The molecule has 2 N–H and O–H groups in total. The topological polar surface area (TPSA) is 76.4 Å². The van der Waals surface area contributed by atoms with Crippen molar-refractivity contribution in [3.05, 3.63) is 29.8 Å². The van der Waals surface area contributed by atoms with Crippen LogP contribution in [0.1, 0.15) is 24.8 Å². The molecule has 0 bridgehead atoms. The molecule has 2 rings (SSSR count). The molecular formula is C16H21N3O2. The van der Waals surface area contributed by atoms with E-state index in [1.165, 1.54) is 0 Å². The average molecular weight is 287 g/mol. The van der Waals surface area contributed by atoms with Gasteiger partial charge in [0.1, 0.15) is 0 Å². The number of hydrogen-bond donors (Lipinski definition) is 2. The van der Waals surface area contributed by atoms with E-state index < -0.39 is 0 Å². The molecule has 0 aliphatic heterocycles.